The Kier molecular flexibility index (Phi) is 10.1. The number of rotatable bonds is 3. The van der Waals surface area contributed by atoms with E-state index in [1.165, 1.54) is 17.8 Å². The average Bonchev–Trinajstić information content (AvgIpc) is 2.69. The van der Waals surface area contributed by atoms with Gasteiger partial charge in [-0.05, 0) is 12.1 Å². The van der Waals surface area contributed by atoms with Crippen LogP contribution < -0.4 is 13.9 Å². The number of carbonyl (C=O) groups excluding carboxylic acids is 1. The number of sulfonamides is 1. The van der Waals surface area contributed by atoms with Crippen LogP contribution in [0.15, 0.2) is 35.2 Å². The van der Waals surface area contributed by atoms with Crippen LogP contribution in [0.3, 0.4) is 0 Å². The first-order valence-electron chi connectivity index (χ1n) is 8.73. The Hall–Kier alpha value is -0.400. The van der Waals surface area contributed by atoms with Gasteiger partial charge in [0.05, 0.1) is 15.7 Å². The zero-order valence-electron chi connectivity index (χ0n) is 16.2. The van der Waals surface area contributed by atoms with Crippen molar-refractivity contribution in [3.8, 4) is 5.75 Å². The number of nitrogens with one attached hydrogen (secondary N) is 1. The Balaban J connectivity index is 0.000000245. The zero-order chi connectivity index (χ0) is 23.3. The van der Waals surface area contributed by atoms with Crippen molar-refractivity contribution >= 4 is 99.1 Å². The van der Waals surface area contributed by atoms with Gasteiger partial charge in [0.15, 0.2) is 0 Å². The number of hydrogen-bond acceptors (Lipinski definition) is 6. The molecule has 8 nitrogen and oxygen atoms in total. The van der Waals surface area contributed by atoms with Gasteiger partial charge in [-0.25, -0.2) is 4.79 Å². The van der Waals surface area contributed by atoms with E-state index < -0.39 is 21.5 Å². The summed E-state index contributed by atoms with van der Waals surface area (Å²) < 4.78 is 26.7. The van der Waals surface area contributed by atoms with Gasteiger partial charge in [0.25, 0.3) is 0 Å². The van der Waals surface area contributed by atoms with Crippen molar-refractivity contribution in [1.82, 2.24) is 4.31 Å². The number of carbonyl (C=O) groups is 1. The molecule has 1 aliphatic rings. The second kappa shape index (κ2) is 11.6. The average molecular weight is 537 g/mol. The molecular weight excluding hydrogens is 520 g/mol. The Morgan fingerprint density at radius 3 is 2.52 bits per heavy atom. The molecule has 1 saturated heterocycles. The summed E-state index contributed by atoms with van der Waals surface area (Å²) in [6, 6.07) is 7.32. The Morgan fingerprint density at radius 1 is 1.23 bits per heavy atom. The topological polar surface area (TPSA) is 133 Å². The van der Waals surface area contributed by atoms with Crippen molar-refractivity contribution in [2.75, 3.05) is 24.2 Å². The summed E-state index contributed by atoms with van der Waals surface area (Å²) in [5, 5.41) is 22.5. The number of aromatic hydroxyl groups is 1. The molecule has 2 amide bonds. The number of phenolic OH excluding ortho intramolecular Hbond substituents is 1. The number of nitrogens with zero attached hydrogens (tertiary/aromatic N) is 1. The van der Waals surface area contributed by atoms with Gasteiger partial charge in [0, 0.05) is 0 Å². The Bertz CT molecular complexity index is 1080. The summed E-state index contributed by atoms with van der Waals surface area (Å²) in [7, 11) is -3.88. The van der Waals surface area contributed by atoms with Gasteiger partial charge < -0.3 is 11.1 Å². The molecule has 1 atom stereocenters. The van der Waals surface area contributed by atoms with Gasteiger partial charge in [-0.3, -0.25) is 0 Å². The van der Waals surface area contributed by atoms with E-state index in [1.807, 2.05) is 0 Å². The van der Waals surface area contributed by atoms with Crippen LogP contribution in [0.4, 0.5) is 10.5 Å². The molecule has 164 valence electrons. The van der Waals surface area contributed by atoms with Crippen LogP contribution in [-0.2, 0) is 10.0 Å². The van der Waals surface area contributed by atoms with E-state index in [9.17, 15) is 23.4 Å². The molecule has 0 aromatic heterocycles. The summed E-state index contributed by atoms with van der Waals surface area (Å²) in [5.74, 6) is 0.242. The molecule has 2 aromatic carbocycles. The summed E-state index contributed by atoms with van der Waals surface area (Å²) in [6.07, 6.45) is 0. The normalized spacial score (nSPS) is 16.9. The molecule has 2 aromatic rings. The number of aliphatic hydroxyl groups is 1. The van der Waals surface area contributed by atoms with Crippen molar-refractivity contribution in [1.29, 1.82) is 0 Å². The molecule has 1 heterocycles. The molecule has 3 rings (SSSR count). The maximum absolute atomic E-state index is 12.5. The number of β-amino-alcohol motifs (C(OH)–C–C–N with tert-alkyl or cyclic N) is 1. The molecular formula is C17H17Cl3N3NaO5S2. The van der Waals surface area contributed by atoms with Crippen LogP contribution in [0.2, 0.25) is 15.1 Å². The molecule has 1 unspecified atom stereocenters. The number of nitrogens with two attached hydrogens (primary N) is 1. The maximum atomic E-state index is 12.5. The zero-order valence-corrected chi connectivity index (χ0v) is 22.1. The second-order valence-electron chi connectivity index (χ2n) is 6.32. The van der Waals surface area contributed by atoms with Crippen molar-refractivity contribution in [2.45, 2.75) is 10.3 Å². The molecule has 1 fully saturated rings. The van der Waals surface area contributed by atoms with Crippen LogP contribution in [0.1, 0.15) is 0 Å². The van der Waals surface area contributed by atoms with Gasteiger partial charge in [0.1, 0.15) is 0 Å². The number of phenols is 1. The molecule has 0 bridgehead atoms. The first-order chi connectivity index (χ1) is 14.4. The fraction of sp³-hybridized carbons (Fsp3) is 0.235. The molecule has 0 saturated carbocycles. The summed E-state index contributed by atoms with van der Waals surface area (Å²) >= 11 is 19.2. The summed E-state index contributed by atoms with van der Waals surface area (Å²) in [6.45, 7) is 0.305. The van der Waals surface area contributed by atoms with Crippen molar-refractivity contribution < 1.29 is 23.4 Å². The monoisotopic (exact) mass is 535 g/mol. The number of halogens is 3. The third-order valence-electron chi connectivity index (χ3n) is 4.10. The third kappa shape index (κ3) is 7.04. The van der Waals surface area contributed by atoms with Crippen LogP contribution in [0.5, 0.6) is 5.75 Å². The quantitative estimate of drug-likeness (QED) is 0.445. The number of benzene rings is 2. The number of anilines is 1. The van der Waals surface area contributed by atoms with Gasteiger partial charge in [-0.1, -0.05) is 29.3 Å². The number of thioether (sulfide) groups is 1. The predicted octanol–water partition coefficient (Wildman–Crippen LogP) is 2.38. The van der Waals surface area contributed by atoms with Crippen molar-refractivity contribution in [3.05, 3.63) is 45.4 Å². The number of primary amides is 1. The van der Waals surface area contributed by atoms with Crippen LogP contribution in [0.25, 0.3) is 0 Å². The SMILES string of the molecule is NC(=O)Nc1cccc(Cl)c1Cl.O=S(=O)(c1c(Cl)cc[c]([Na])c1O)N1CCSC(O)C1. The number of hydrogen-bond donors (Lipinski definition) is 4. The minimum absolute atomic E-state index is 0.00446. The van der Waals surface area contributed by atoms with E-state index in [0.717, 1.165) is 4.31 Å². The molecule has 1 aliphatic heterocycles. The van der Waals surface area contributed by atoms with E-state index in [-0.39, 0.29) is 27.2 Å². The van der Waals surface area contributed by atoms with Gasteiger partial charge in [-0.15, -0.1) is 0 Å². The van der Waals surface area contributed by atoms with E-state index in [1.54, 1.807) is 24.3 Å². The second-order valence-corrected chi connectivity index (χ2v) is 11.8. The molecule has 0 spiro atoms. The fourth-order valence-electron chi connectivity index (χ4n) is 2.58. The Morgan fingerprint density at radius 2 is 1.90 bits per heavy atom. The minimum atomic E-state index is -3.88. The summed E-state index contributed by atoms with van der Waals surface area (Å²) in [5.41, 5.74) is 4.56. The van der Waals surface area contributed by atoms with Crippen LogP contribution >= 0.6 is 46.6 Å². The fourth-order valence-corrected chi connectivity index (χ4v) is 6.71. The first-order valence-corrected chi connectivity index (χ1v) is 13.4. The molecule has 0 radical (unpaired) electrons. The number of aliphatic hydroxyl groups excluding tert-OH is 1. The van der Waals surface area contributed by atoms with E-state index >= 15 is 0 Å². The van der Waals surface area contributed by atoms with E-state index in [4.69, 9.17) is 40.5 Å². The third-order valence-corrected chi connectivity index (χ3v) is 9.05. The number of urea groups is 1. The van der Waals surface area contributed by atoms with Crippen LogP contribution in [-0.4, -0.2) is 81.2 Å². The molecule has 0 aliphatic carbocycles. The number of amides is 2. The van der Waals surface area contributed by atoms with Crippen molar-refractivity contribution in [2.24, 2.45) is 5.73 Å². The van der Waals surface area contributed by atoms with E-state index in [2.05, 4.69) is 5.32 Å². The van der Waals surface area contributed by atoms with Crippen LogP contribution in [0, 0.1) is 0 Å². The van der Waals surface area contributed by atoms with E-state index in [0.29, 0.717) is 53.8 Å². The molecule has 14 heteroatoms. The standard InChI is InChI=1S/C10H11ClNO4S2.C7H6Cl2N2O.Na/c11-7-2-1-3-8(13)10(7)18(15,16)12-4-5-17-9(14)6-12;8-4-2-1-3-5(6(4)9)11-7(10)12;/h1-2,9,13-14H,4-6H2;1-3H,(H3,10,11,12);. The molecule has 5 N–H and O–H groups in total. The van der Waals surface area contributed by atoms with Gasteiger partial charge in [-0.2, -0.15) is 0 Å². The molecule has 31 heavy (non-hydrogen) atoms. The summed E-state index contributed by atoms with van der Waals surface area (Å²) in [4.78, 5) is 10.2. The Labute approximate surface area is 216 Å². The predicted molar refractivity (Wildman–Crippen MR) is 125 cm³/mol. The van der Waals surface area contributed by atoms with Gasteiger partial charge >= 0.3 is 145 Å². The first kappa shape index (κ1) is 26.8. The van der Waals surface area contributed by atoms with Gasteiger partial charge in [0.2, 0.25) is 0 Å². The van der Waals surface area contributed by atoms with Crippen molar-refractivity contribution in [3.63, 3.8) is 0 Å².